The molecule has 0 saturated heterocycles. The van der Waals surface area contributed by atoms with Crippen molar-refractivity contribution in [3.8, 4) is 0 Å². The molecule has 17 heavy (non-hydrogen) atoms. The number of hydrogen-bond donors (Lipinski definition) is 1. The molecule has 0 aliphatic carbocycles. The van der Waals surface area contributed by atoms with Crippen LogP contribution in [0.2, 0.25) is 0 Å². The van der Waals surface area contributed by atoms with E-state index in [-0.39, 0.29) is 0 Å². The highest BCUT2D eigenvalue weighted by Gasteiger charge is 2.25. The lowest BCUT2D eigenvalue weighted by Gasteiger charge is -2.32. The first-order valence-electron chi connectivity index (χ1n) is 6.14. The van der Waals surface area contributed by atoms with Crippen LogP contribution in [0, 0.1) is 0 Å². The fourth-order valence-corrected chi connectivity index (χ4v) is 2.55. The molecule has 1 N–H and O–H groups in total. The van der Waals surface area contributed by atoms with Crippen LogP contribution in [0.5, 0.6) is 0 Å². The highest BCUT2D eigenvalue weighted by Crippen LogP contribution is 2.27. The molecule has 0 amide bonds. The van der Waals surface area contributed by atoms with Gasteiger partial charge in [-0.3, -0.25) is 4.90 Å². The first kappa shape index (κ1) is 10.5. The maximum atomic E-state index is 4.43. The van der Waals surface area contributed by atoms with Crippen molar-refractivity contribution in [2.75, 3.05) is 6.54 Å². The van der Waals surface area contributed by atoms with Crippen LogP contribution in [0.25, 0.3) is 0 Å². The van der Waals surface area contributed by atoms with Crippen LogP contribution in [0.1, 0.15) is 29.9 Å². The van der Waals surface area contributed by atoms with Gasteiger partial charge in [0.2, 0.25) is 0 Å². The van der Waals surface area contributed by atoms with E-state index in [1.54, 1.807) is 0 Å². The Balaban J connectivity index is 1.78. The summed E-state index contributed by atoms with van der Waals surface area (Å²) in [6.07, 6.45) is 2.89. The number of imidazole rings is 1. The van der Waals surface area contributed by atoms with Crippen LogP contribution in [0.3, 0.4) is 0 Å². The molecule has 1 aliphatic heterocycles. The van der Waals surface area contributed by atoms with E-state index in [2.05, 4.69) is 52.1 Å². The van der Waals surface area contributed by atoms with Gasteiger partial charge in [0.25, 0.3) is 0 Å². The lowest BCUT2D eigenvalue weighted by molar-refractivity contribution is 0.185. The van der Waals surface area contributed by atoms with Gasteiger partial charge in [0.1, 0.15) is 0 Å². The van der Waals surface area contributed by atoms with Gasteiger partial charge in [0.05, 0.1) is 18.1 Å². The molecule has 2 aromatic rings. The minimum Gasteiger partial charge on any atom is -0.348 e. The van der Waals surface area contributed by atoms with Crippen molar-refractivity contribution in [3.05, 3.63) is 53.6 Å². The van der Waals surface area contributed by atoms with Crippen molar-refractivity contribution in [1.29, 1.82) is 0 Å². The Labute approximate surface area is 101 Å². The number of aromatic amines is 1. The zero-order valence-electron chi connectivity index (χ0n) is 10.1. The summed E-state index contributed by atoms with van der Waals surface area (Å²) in [5, 5.41) is 0. The minimum atomic E-state index is 0.408. The number of benzene rings is 1. The SMILES string of the molecule is C[C@H]1c2nc[nH]c2CCN1Cc1ccccc1. The van der Waals surface area contributed by atoms with E-state index in [1.165, 1.54) is 17.0 Å². The first-order valence-corrected chi connectivity index (χ1v) is 6.14. The molecule has 0 radical (unpaired) electrons. The van der Waals surface area contributed by atoms with Gasteiger partial charge in [-0.1, -0.05) is 30.3 Å². The summed E-state index contributed by atoms with van der Waals surface area (Å²) < 4.78 is 0. The zero-order valence-corrected chi connectivity index (χ0v) is 10.1. The minimum absolute atomic E-state index is 0.408. The Bertz CT molecular complexity index is 489. The molecular formula is C14H17N3. The van der Waals surface area contributed by atoms with Crippen molar-refractivity contribution in [3.63, 3.8) is 0 Å². The summed E-state index contributed by atoms with van der Waals surface area (Å²) in [5.74, 6) is 0. The molecule has 2 heterocycles. The summed E-state index contributed by atoms with van der Waals surface area (Å²) >= 11 is 0. The number of H-pyrrole nitrogens is 1. The van der Waals surface area contributed by atoms with Crippen LogP contribution in [0.15, 0.2) is 36.7 Å². The highest BCUT2D eigenvalue weighted by atomic mass is 15.2. The Morgan fingerprint density at radius 2 is 2.18 bits per heavy atom. The smallest absolute Gasteiger partial charge is 0.0925 e. The van der Waals surface area contributed by atoms with Gasteiger partial charge < -0.3 is 4.98 Å². The quantitative estimate of drug-likeness (QED) is 0.855. The van der Waals surface area contributed by atoms with Crippen molar-refractivity contribution < 1.29 is 0 Å². The number of nitrogens with zero attached hydrogens (tertiary/aromatic N) is 2. The predicted molar refractivity (Wildman–Crippen MR) is 67.6 cm³/mol. The molecule has 0 spiro atoms. The Morgan fingerprint density at radius 3 is 3.00 bits per heavy atom. The van der Waals surface area contributed by atoms with Crippen molar-refractivity contribution in [2.24, 2.45) is 0 Å². The normalized spacial score (nSPS) is 20.2. The molecule has 0 saturated carbocycles. The molecule has 1 aromatic heterocycles. The molecule has 1 atom stereocenters. The molecule has 3 nitrogen and oxygen atoms in total. The van der Waals surface area contributed by atoms with Crippen molar-refractivity contribution in [1.82, 2.24) is 14.9 Å². The Morgan fingerprint density at radius 1 is 1.35 bits per heavy atom. The van der Waals surface area contributed by atoms with E-state index >= 15 is 0 Å². The van der Waals surface area contributed by atoms with Crippen LogP contribution in [-0.4, -0.2) is 21.4 Å². The highest BCUT2D eigenvalue weighted by molar-refractivity contribution is 5.20. The van der Waals surface area contributed by atoms with Gasteiger partial charge >= 0.3 is 0 Å². The average molecular weight is 227 g/mol. The van der Waals surface area contributed by atoms with E-state index < -0.39 is 0 Å². The monoisotopic (exact) mass is 227 g/mol. The summed E-state index contributed by atoms with van der Waals surface area (Å²) in [7, 11) is 0. The van der Waals surface area contributed by atoms with Gasteiger partial charge in [-0.25, -0.2) is 4.98 Å². The van der Waals surface area contributed by atoms with Crippen LogP contribution < -0.4 is 0 Å². The lowest BCUT2D eigenvalue weighted by atomic mass is 10.0. The van der Waals surface area contributed by atoms with E-state index in [0.29, 0.717) is 6.04 Å². The number of fused-ring (bicyclic) bond motifs is 1. The summed E-state index contributed by atoms with van der Waals surface area (Å²) in [6.45, 7) is 4.35. The molecule has 1 aromatic carbocycles. The van der Waals surface area contributed by atoms with Crippen LogP contribution in [0.4, 0.5) is 0 Å². The molecule has 3 rings (SSSR count). The maximum Gasteiger partial charge on any atom is 0.0925 e. The number of aromatic nitrogens is 2. The van der Waals surface area contributed by atoms with E-state index in [9.17, 15) is 0 Å². The third-order valence-corrected chi connectivity index (χ3v) is 3.57. The third kappa shape index (κ3) is 1.98. The van der Waals surface area contributed by atoms with Crippen molar-refractivity contribution >= 4 is 0 Å². The van der Waals surface area contributed by atoms with E-state index in [4.69, 9.17) is 0 Å². The van der Waals surface area contributed by atoms with Gasteiger partial charge in [0.15, 0.2) is 0 Å². The molecule has 1 aliphatic rings. The second-order valence-corrected chi connectivity index (χ2v) is 4.65. The number of nitrogens with one attached hydrogen (secondary N) is 1. The second kappa shape index (κ2) is 4.34. The summed E-state index contributed by atoms with van der Waals surface area (Å²) in [5.41, 5.74) is 3.90. The van der Waals surface area contributed by atoms with Crippen molar-refractivity contribution in [2.45, 2.75) is 25.9 Å². The van der Waals surface area contributed by atoms with Gasteiger partial charge in [-0.05, 0) is 12.5 Å². The van der Waals surface area contributed by atoms with E-state index in [1.807, 2.05) is 6.33 Å². The van der Waals surface area contributed by atoms with Gasteiger partial charge in [-0.2, -0.15) is 0 Å². The average Bonchev–Trinajstić information content (AvgIpc) is 2.83. The fourth-order valence-electron chi connectivity index (χ4n) is 2.55. The molecule has 3 heteroatoms. The largest absolute Gasteiger partial charge is 0.348 e. The standard InChI is InChI=1S/C14H17N3/c1-11-14-13(15-10-16-14)7-8-17(11)9-12-5-3-2-4-6-12/h2-6,10-11H,7-9H2,1H3,(H,15,16)/t11-/m0/s1. The van der Waals surface area contributed by atoms with Gasteiger partial charge in [0, 0.05) is 25.2 Å². The Kier molecular flexibility index (Phi) is 2.69. The number of hydrogen-bond acceptors (Lipinski definition) is 2. The second-order valence-electron chi connectivity index (χ2n) is 4.65. The predicted octanol–water partition coefficient (Wildman–Crippen LogP) is 2.53. The van der Waals surface area contributed by atoms with Gasteiger partial charge in [-0.15, -0.1) is 0 Å². The lowest BCUT2D eigenvalue weighted by Crippen LogP contribution is -2.33. The zero-order chi connectivity index (χ0) is 11.7. The molecule has 0 bridgehead atoms. The third-order valence-electron chi connectivity index (χ3n) is 3.57. The topological polar surface area (TPSA) is 31.9 Å². The van der Waals surface area contributed by atoms with Crippen LogP contribution in [-0.2, 0) is 13.0 Å². The van der Waals surface area contributed by atoms with Crippen LogP contribution >= 0.6 is 0 Å². The Hall–Kier alpha value is -1.61. The fraction of sp³-hybridized carbons (Fsp3) is 0.357. The molecule has 0 fully saturated rings. The van der Waals surface area contributed by atoms with E-state index in [0.717, 1.165) is 19.5 Å². The number of rotatable bonds is 2. The molecule has 88 valence electrons. The summed E-state index contributed by atoms with van der Waals surface area (Å²) in [6, 6.07) is 11.0. The first-order chi connectivity index (χ1) is 8.34. The molecular weight excluding hydrogens is 210 g/mol. The maximum absolute atomic E-state index is 4.43. The summed E-state index contributed by atoms with van der Waals surface area (Å²) in [4.78, 5) is 10.2. The molecule has 0 unspecified atom stereocenters.